The second-order valence-corrected chi connectivity index (χ2v) is 11.8. The molecule has 2 amide bonds. The van der Waals surface area contributed by atoms with Crippen LogP contribution < -0.4 is 9.64 Å². The van der Waals surface area contributed by atoms with Crippen LogP contribution in [0.4, 0.5) is 5.69 Å². The highest BCUT2D eigenvalue weighted by Gasteiger charge is 2.59. The van der Waals surface area contributed by atoms with E-state index in [4.69, 9.17) is 14.5 Å². The maximum atomic E-state index is 13.5. The van der Waals surface area contributed by atoms with Crippen LogP contribution in [0.3, 0.4) is 0 Å². The Kier molecular flexibility index (Phi) is 6.65. The number of ether oxygens (including phenoxy) is 2. The molecule has 0 spiro atoms. The predicted octanol–water partition coefficient (Wildman–Crippen LogP) is 5.96. The van der Waals surface area contributed by atoms with Gasteiger partial charge in [0.2, 0.25) is 17.6 Å². The SMILES string of the molecule is COc1ccc(C(=O)C(C)OC(=O)c2cc(-c3ccc(N4C(=O)C5C6C=CC(C6)C5C4=O)cc3)nc3ccc(C)cc23)cc1. The van der Waals surface area contributed by atoms with Crippen molar-refractivity contribution in [3.05, 3.63) is 102 Å². The number of anilines is 1. The normalized spacial score (nSPS) is 22.4. The fourth-order valence-corrected chi connectivity index (χ4v) is 6.86. The first kappa shape index (κ1) is 27.7. The van der Waals surface area contributed by atoms with Crippen LogP contribution in [0.5, 0.6) is 5.75 Å². The van der Waals surface area contributed by atoms with Crippen LogP contribution in [0.25, 0.3) is 22.2 Å². The van der Waals surface area contributed by atoms with Crippen molar-refractivity contribution in [1.82, 2.24) is 4.98 Å². The lowest BCUT2D eigenvalue weighted by molar-refractivity contribution is -0.123. The molecule has 0 radical (unpaired) electrons. The van der Waals surface area contributed by atoms with Gasteiger partial charge in [-0.05, 0) is 86.7 Å². The highest BCUT2D eigenvalue weighted by atomic mass is 16.5. The summed E-state index contributed by atoms with van der Waals surface area (Å²) in [6.45, 7) is 3.48. The van der Waals surface area contributed by atoms with Crippen molar-refractivity contribution in [3.8, 4) is 17.0 Å². The standard InChI is InChI=1S/C36H30N2O6/c1-19-4-15-29-27(16-19)28(36(42)44-20(2)33(39)22-9-13-26(43-3)14-10-22)18-30(37-29)21-7-11-25(12-8-21)38-34(40)31-23-5-6-24(17-23)32(31)35(38)41/h4-16,18,20,23-24,31-32H,17H2,1-3H3. The lowest BCUT2D eigenvalue weighted by Crippen LogP contribution is -2.32. The minimum Gasteiger partial charge on any atom is -0.497 e. The maximum Gasteiger partial charge on any atom is 0.339 e. The average Bonchev–Trinajstić information content (AvgIpc) is 3.73. The summed E-state index contributed by atoms with van der Waals surface area (Å²) in [6.07, 6.45) is 4.02. The van der Waals surface area contributed by atoms with E-state index in [2.05, 4.69) is 12.2 Å². The molecule has 8 heteroatoms. The molecule has 4 aromatic rings. The molecule has 5 unspecified atom stereocenters. The summed E-state index contributed by atoms with van der Waals surface area (Å²) in [5.41, 5.74) is 3.98. The van der Waals surface area contributed by atoms with Gasteiger partial charge in [-0.2, -0.15) is 0 Å². The summed E-state index contributed by atoms with van der Waals surface area (Å²) in [6, 6.07) is 21.0. The molecule has 3 aliphatic rings. The first-order valence-corrected chi connectivity index (χ1v) is 14.7. The van der Waals surface area contributed by atoms with E-state index >= 15 is 0 Å². The second kappa shape index (κ2) is 10.6. The average molecular weight is 587 g/mol. The number of imide groups is 1. The Morgan fingerprint density at radius 1 is 0.886 bits per heavy atom. The van der Waals surface area contributed by atoms with Crippen molar-refractivity contribution >= 4 is 40.2 Å². The third kappa shape index (κ3) is 4.49. The third-order valence-electron chi connectivity index (χ3n) is 9.10. The van der Waals surface area contributed by atoms with Gasteiger partial charge in [0.15, 0.2) is 6.10 Å². The van der Waals surface area contributed by atoms with E-state index in [1.54, 1.807) is 68.6 Å². The van der Waals surface area contributed by atoms with Gasteiger partial charge >= 0.3 is 5.97 Å². The number of ketones is 1. The van der Waals surface area contributed by atoms with Gasteiger partial charge in [-0.15, -0.1) is 0 Å². The van der Waals surface area contributed by atoms with E-state index in [1.807, 2.05) is 25.1 Å². The van der Waals surface area contributed by atoms with E-state index < -0.39 is 12.1 Å². The number of carbonyl (C=O) groups is 4. The lowest BCUT2D eigenvalue weighted by Gasteiger charge is -2.18. The molecular weight excluding hydrogens is 556 g/mol. The Bertz CT molecular complexity index is 1850. The molecule has 1 saturated heterocycles. The summed E-state index contributed by atoms with van der Waals surface area (Å²) < 4.78 is 10.8. The molecule has 0 N–H and O–H groups in total. The molecule has 44 heavy (non-hydrogen) atoms. The van der Waals surface area contributed by atoms with E-state index in [9.17, 15) is 19.2 Å². The Morgan fingerprint density at radius 2 is 1.55 bits per heavy atom. The number of methoxy groups -OCH3 is 1. The van der Waals surface area contributed by atoms with Gasteiger partial charge in [-0.25, -0.2) is 9.78 Å². The Morgan fingerprint density at radius 3 is 2.18 bits per heavy atom. The minimum absolute atomic E-state index is 0.132. The second-order valence-electron chi connectivity index (χ2n) is 11.8. The van der Waals surface area contributed by atoms with Crippen LogP contribution in [0.15, 0.2) is 84.9 Å². The van der Waals surface area contributed by atoms with Crippen LogP contribution in [-0.4, -0.2) is 41.8 Å². The molecule has 2 aliphatic carbocycles. The van der Waals surface area contributed by atoms with Crippen molar-refractivity contribution in [1.29, 1.82) is 0 Å². The fourth-order valence-electron chi connectivity index (χ4n) is 6.86. The Labute approximate surface area is 254 Å². The number of aryl methyl sites for hydroxylation is 1. The van der Waals surface area contributed by atoms with Gasteiger partial charge in [0.05, 0.1) is 41.4 Å². The highest BCUT2D eigenvalue weighted by molar-refractivity contribution is 6.23. The van der Waals surface area contributed by atoms with Gasteiger partial charge in [0.1, 0.15) is 5.75 Å². The molecule has 5 atom stereocenters. The predicted molar refractivity (Wildman–Crippen MR) is 164 cm³/mol. The van der Waals surface area contributed by atoms with Crippen LogP contribution in [0, 0.1) is 30.6 Å². The molecule has 2 heterocycles. The Hall–Kier alpha value is -5.11. The summed E-state index contributed by atoms with van der Waals surface area (Å²) >= 11 is 0. The van der Waals surface area contributed by atoms with Gasteiger partial charge in [-0.1, -0.05) is 35.9 Å². The number of fused-ring (bicyclic) bond motifs is 6. The number of amides is 2. The van der Waals surface area contributed by atoms with Gasteiger partial charge in [0, 0.05) is 16.5 Å². The molecule has 1 aliphatic heterocycles. The minimum atomic E-state index is -1.02. The fraction of sp³-hybridized carbons (Fsp3) is 0.250. The molecule has 1 aromatic heterocycles. The third-order valence-corrected chi connectivity index (χ3v) is 9.10. The summed E-state index contributed by atoms with van der Waals surface area (Å²) in [5.74, 6) is -0.864. The van der Waals surface area contributed by atoms with Crippen molar-refractivity contribution in [2.45, 2.75) is 26.4 Å². The van der Waals surface area contributed by atoms with E-state index in [1.165, 1.54) is 4.90 Å². The van der Waals surface area contributed by atoms with E-state index in [-0.39, 0.29) is 46.8 Å². The van der Waals surface area contributed by atoms with Gasteiger partial charge < -0.3 is 9.47 Å². The first-order chi connectivity index (χ1) is 21.2. The first-order valence-electron chi connectivity index (χ1n) is 14.7. The number of carbonyl (C=O) groups excluding carboxylic acids is 4. The van der Waals surface area contributed by atoms with Crippen molar-refractivity contribution < 1.29 is 28.7 Å². The highest BCUT2D eigenvalue weighted by Crippen LogP contribution is 2.53. The Balaban J connectivity index is 1.17. The van der Waals surface area contributed by atoms with Gasteiger partial charge in [0.25, 0.3) is 0 Å². The topological polar surface area (TPSA) is 103 Å². The van der Waals surface area contributed by atoms with Crippen LogP contribution in [0.2, 0.25) is 0 Å². The largest absolute Gasteiger partial charge is 0.497 e. The van der Waals surface area contributed by atoms with Gasteiger partial charge in [-0.3, -0.25) is 19.3 Å². The molecular formula is C36H30N2O6. The number of rotatable bonds is 7. The molecule has 1 saturated carbocycles. The molecule has 2 fully saturated rings. The van der Waals surface area contributed by atoms with Crippen molar-refractivity contribution in [2.75, 3.05) is 12.0 Å². The summed E-state index contributed by atoms with van der Waals surface area (Å²) in [7, 11) is 1.55. The van der Waals surface area contributed by atoms with Crippen molar-refractivity contribution in [2.24, 2.45) is 23.7 Å². The summed E-state index contributed by atoms with van der Waals surface area (Å²) in [4.78, 5) is 59.2. The molecule has 220 valence electrons. The zero-order valence-electron chi connectivity index (χ0n) is 24.5. The molecule has 2 bridgehead atoms. The number of esters is 1. The molecule has 3 aromatic carbocycles. The number of allylic oxidation sites excluding steroid dienone is 2. The number of hydrogen-bond donors (Lipinski definition) is 0. The van der Waals surface area contributed by atoms with E-state index in [0.29, 0.717) is 39.2 Å². The number of benzene rings is 3. The number of hydrogen-bond acceptors (Lipinski definition) is 7. The number of aromatic nitrogens is 1. The molecule has 8 nitrogen and oxygen atoms in total. The van der Waals surface area contributed by atoms with Crippen molar-refractivity contribution in [3.63, 3.8) is 0 Å². The number of Topliss-reactive ketones (excluding diaryl/α,β-unsaturated/α-hetero) is 1. The maximum absolute atomic E-state index is 13.5. The lowest BCUT2D eigenvalue weighted by atomic mass is 9.85. The number of pyridine rings is 1. The van der Waals surface area contributed by atoms with Crippen LogP contribution in [-0.2, 0) is 14.3 Å². The zero-order chi connectivity index (χ0) is 30.7. The van der Waals surface area contributed by atoms with E-state index in [0.717, 1.165) is 12.0 Å². The smallest absolute Gasteiger partial charge is 0.339 e. The quantitative estimate of drug-likeness (QED) is 0.114. The summed E-state index contributed by atoms with van der Waals surface area (Å²) in [5, 5.41) is 0.613. The monoisotopic (exact) mass is 586 g/mol. The van der Waals surface area contributed by atoms with Crippen LogP contribution >= 0.6 is 0 Å². The number of nitrogens with zero attached hydrogens (tertiary/aromatic N) is 2. The molecule has 7 rings (SSSR count). The zero-order valence-corrected chi connectivity index (χ0v) is 24.5. The van der Waals surface area contributed by atoms with Crippen LogP contribution in [0.1, 0.15) is 39.6 Å².